The highest BCUT2D eigenvalue weighted by Gasteiger charge is 2.59. The number of ether oxygens (including phenoxy) is 2. The summed E-state index contributed by atoms with van der Waals surface area (Å²) in [6.07, 6.45) is 0. The van der Waals surface area contributed by atoms with Crippen LogP contribution in [0.1, 0.15) is 158 Å². The van der Waals surface area contributed by atoms with Crippen molar-refractivity contribution in [3.05, 3.63) is 118 Å². The predicted octanol–water partition coefficient (Wildman–Crippen LogP) is 16.7. The van der Waals surface area contributed by atoms with E-state index in [-0.39, 0.29) is 32.5 Å². The van der Waals surface area contributed by atoms with Crippen molar-refractivity contribution in [1.82, 2.24) is 0 Å². The molecule has 67 heavy (non-hydrogen) atoms. The molecule has 346 valence electrons. The summed E-state index contributed by atoms with van der Waals surface area (Å²) >= 11 is 0. The molecule has 0 spiro atoms. The fourth-order valence-corrected chi connectivity index (χ4v) is 14.6. The van der Waals surface area contributed by atoms with Crippen LogP contribution in [0.5, 0.6) is 23.0 Å². The molecule has 6 nitrogen and oxygen atoms in total. The summed E-state index contributed by atoms with van der Waals surface area (Å²) in [6.45, 7) is 40.8. The molecule has 7 heteroatoms. The van der Waals surface area contributed by atoms with Gasteiger partial charge in [0.05, 0.1) is 50.0 Å². The van der Waals surface area contributed by atoms with Gasteiger partial charge in [0.25, 0.3) is 0 Å². The van der Waals surface area contributed by atoms with E-state index >= 15 is 4.57 Å². The minimum atomic E-state index is -3.76. The van der Waals surface area contributed by atoms with Crippen molar-refractivity contribution in [2.24, 2.45) is 0 Å². The standard InChI is InChI=1S/C60H68N3O3P/c1-55(2,3)33-19-23-37(24-20-33)61-44-31-38(59(13,14)15)50-48-53(44)67(64)52-42(62(48)40-25-21-34(56(4,5)6)29-46(40)65-50)27-36(58(10,11)12)28-43(52)63-41-26-22-35(57(7,8)9)30-47(41)66-51-39(60(16,17)18)32-45(61)54(67)49(51)63/h19-32H,1-18H3. The van der Waals surface area contributed by atoms with Gasteiger partial charge in [-0.25, -0.2) is 0 Å². The average molecular weight is 910 g/mol. The van der Waals surface area contributed by atoms with Gasteiger partial charge in [-0.3, -0.25) is 0 Å². The zero-order valence-corrected chi connectivity index (χ0v) is 44.0. The van der Waals surface area contributed by atoms with Crippen LogP contribution in [0.15, 0.2) is 84.9 Å². The Morgan fingerprint density at radius 3 is 1.07 bits per heavy atom. The predicted molar refractivity (Wildman–Crippen MR) is 283 cm³/mol. The Balaban J connectivity index is 1.37. The normalized spacial score (nSPS) is 16.2. The second-order valence-corrected chi connectivity index (χ2v) is 28.6. The SMILES string of the molecule is CC(C)(C)c1ccc(N2c3cc(C(C)(C)C)c4c5c3P3(=O)c6c(cc(C(C)(C)C)cc6N6c7ccc(C(C)(C)C)cc7Oc7c(C(C)(C)C)cc2c3c76)N5c2ccc(C(C)(C)C)cc2O4)cc1. The molecule has 0 amide bonds. The van der Waals surface area contributed by atoms with Crippen LogP contribution < -0.4 is 40.1 Å². The summed E-state index contributed by atoms with van der Waals surface area (Å²) in [6, 6.07) is 31.8. The molecular formula is C60H68N3O3P. The van der Waals surface area contributed by atoms with Crippen molar-refractivity contribution < 1.29 is 14.0 Å². The van der Waals surface area contributed by atoms with E-state index in [9.17, 15) is 0 Å². The van der Waals surface area contributed by atoms with Crippen LogP contribution in [0.2, 0.25) is 0 Å². The monoisotopic (exact) mass is 909 g/mol. The zero-order chi connectivity index (χ0) is 48.2. The lowest BCUT2D eigenvalue weighted by atomic mass is 9.82. The second kappa shape index (κ2) is 13.2. The van der Waals surface area contributed by atoms with Gasteiger partial charge in [-0.15, -0.1) is 0 Å². The molecule has 6 aromatic carbocycles. The molecule has 0 saturated carbocycles. The molecule has 0 radical (unpaired) electrons. The van der Waals surface area contributed by atoms with Gasteiger partial charge in [0, 0.05) is 16.8 Å². The molecular weight excluding hydrogens is 842 g/mol. The maximum Gasteiger partial charge on any atom is 0.183 e. The number of benzene rings is 6. The van der Waals surface area contributed by atoms with E-state index in [1.54, 1.807) is 0 Å². The summed E-state index contributed by atoms with van der Waals surface area (Å²) in [4.78, 5) is 7.29. The molecule has 0 fully saturated rings. The molecule has 0 N–H and O–H groups in total. The summed E-state index contributed by atoms with van der Waals surface area (Å²) in [7, 11) is -3.76. The van der Waals surface area contributed by atoms with E-state index in [0.717, 1.165) is 101 Å². The molecule has 0 unspecified atom stereocenters. The van der Waals surface area contributed by atoms with E-state index in [4.69, 9.17) is 9.47 Å². The van der Waals surface area contributed by atoms with Gasteiger partial charge < -0.3 is 28.7 Å². The van der Waals surface area contributed by atoms with Gasteiger partial charge >= 0.3 is 0 Å². The number of fused-ring (bicyclic) bond motifs is 6. The Labute approximate surface area is 399 Å². The molecule has 0 atom stereocenters. The number of rotatable bonds is 1. The number of hydrogen-bond donors (Lipinski definition) is 0. The van der Waals surface area contributed by atoms with Crippen molar-refractivity contribution >= 4 is 74.2 Å². The summed E-state index contributed by atoms with van der Waals surface area (Å²) in [5.74, 6) is 3.17. The molecule has 5 aliphatic rings. The third-order valence-corrected chi connectivity index (χ3v) is 18.1. The lowest BCUT2D eigenvalue weighted by Gasteiger charge is -2.53. The minimum absolute atomic E-state index is 0.0350. The highest BCUT2D eigenvalue weighted by Crippen LogP contribution is 2.73. The van der Waals surface area contributed by atoms with Crippen LogP contribution in [-0.4, -0.2) is 0 Å². The summed E-state index contributed by atoms with van der Waals surface area (Å²) in [5, 5.41) is 2.52. The van der Waals surface area contributed by atoms with Gasteiger partial charge in [0.15, 0.2) is 30.1 Å². The van der Waals surface area contributed by atoms with Crippen molar-refractivity contribution in [2.75, 3.05) is 14.7 Å². The Hall–Kier alpha value is -5.45. The van der Waals surface area contributed by atoms with E-state index in [1.807, 2.05) is 0 Å². The first kappa shape index (κ1) is 44.1. The quantitative estimate of drug-likeness (QED) is 0.153. The first-order valence-corrected chi connectivity index (χ1v) is 26.0. The van der Waals surface area contributed by atoms with Crippen molar-refractivity contribution in [1.29, 1.82) is 0 Å². The fraction of sp³-hybridized carbons (Fsp3) is 0.400. The van der Waals surface area contributed by atoms with E-state index in [1.165, 1.54) is 22.3 Å². The lowest BCUT2D eigenvalue weighted by molar-refractivity contribution is 0.448. The van der Waals surface area contributed by atoms with E-state index < -0.39 is 7.14 Å². The fourth-order valence-electron chi connectivity index (χ4n) is 11.0. The van der Waals surface area contributed by atoms with Gasteiger partial charge in [-0.1, -0.05) is 149 Å². The van der Waals surface area contributed by atoms with E-state index in [0.29, 0.717) is 0 Å². The topological polar surface area (TPSA) is 45.2 Å². The van der Waals surface area contributed by atoms with Crippen molar-refractivity contribution in [3.8, 4) is 23.0 Å². The first-order valence-electron chi connectivity index (χ1n) is 24.3. The number of hydrogen-bond acceptors (Lipinski definition) is 6. The molecule has 6 aromatic rings. The van der Waals surface area contributed by atoms with Crippen molar-refractivity contribution in [2.45, 2.75) is 157 Å². The highest BCUT2D eigenvalue weighted by atomic mass is 31.2. The summed E-state index contributed by atoms with van der Waals surface area (Å²) < 4.78 is 32.9. The van der Waals surface area contributed by atoms with Gasteiger partial charge in [0.2, 0.25) is 0 Å². The van der Waals surface area contributed by atoms with Crippen LogP contribution in [0.4, 0.5) is 51.2 Å². The first-order chi connectivity index (χ1) is 30.9. The molecule has 0 bridgehead atoms. The van der Waals surface area contributed by atoms with Gasteiger partial charge in [0.1, 0.15) is 11.4 Å². The lowest BCUT2D eigenvalue weighted by Crippen LogP contribution is -2.49. The molecule has 5 aliphatic heterocycles. The highest BCUT2D eigenvalue weighted by molar-refractivity contribution is 7.87. The molecule has 11 rings (SSSR count). The number of nitrogens with zero attached hydrogens (tertiary/aromatic N) is 3. The smallest absolute Gasteiger partial charge is 0.183 e. The molecule has 0 aliphatic carbocycles. The summed E-state index contributed by atoms with van der Waals surface area (Å²) in [5.41, 5.74) is 14.2. The Kier molecular flexibility index (Phi) is 8.68. The average Bonchev–Trinajstić information content (AvgIpc) is 3.21. The Morgan fingerprint density at radius 1 is 0.358 bits per heavy atom. The van der Waals surface area contributed by atoms with Crippen molar-refractivity contribution in [3.63, 3.8) is 0 Å². The van der Waals surface area contributed by atoms with E-state index in [2.05, 4.69) is 224 Å². The largest absolute Gasteiger partial charge is 0.453 e. The van der Waals surface area contributed by atoms with Crippen LogP contribution in [0, 0.1) is 0 Å². The molecule has 0 aromatic heterocycles. The Morgan fingerprint density at radius 2 is 0.716 bits per heavy atom. The molecule has 5 heterocycles. The van der Waals surface area contributed by atoms with Crippen LogP contribution in [0.25, 0.3) is 0 Å². The van der Waals surface area contributed by atoms with Gasteiger partial charge in [-0.05, 0) is 115 Å². The van der Waals surface area contributed by atoms with Gasteiger partial charge in [-0.2, -0.15) is 0 Å². The third kappa shape index (κ3) is 6.09. The molecule has 0 saturated heterocycles. The maximum absolute atomic E-state index is 18.1. The maximum atomic E-state index is 18.1. The second-order valence-electron chi connectivity index (χ2n) is 26.0. The minimum Gasteiger partial charge on any atom is -0.453 e. The van der Waals surface area contributed by atoms with Crippen LogP contribution in [-0.2, 0) is 37.1 Å². The third-order valence-electron chi connectivity index (χ3n) is 14.9. The zero-order valence-electron chi connectivity index (χ0n) is 43.1. The number of anilines is 9. The van der Waals surface area contributed by atoms with Crippen LogP contribution in [0.3, 0.4) is 0 Å². The van der Waals surface area contributed by atoms with Crippen LogP contribution >= 0.6 is 7.14 Å². The Bertz CT molecular complexity index is 3050.